The minimum atomic E-state index is 0.533. The van der Waals surface area contributed by atoms with Gasteiger partial charge in [0.1, 0.15) is 5.82 Å². The van der Waals surface area contributed by atoms with Crippen molar-refractivity contribution in [2.45, 2.75) is 39.2 Å². The zero-order valence-corrected chi connectivity index (χ0v) is 10.8. The van der Waals surface area contributed by atoms with Crippen LogP contribution in [0.3, 0.4) is 0 Å². The minimum absolute atomic E-state index is 0.533. The minimum Gasteiger partial charge on any atom is -0.368 e. The summed E-state index contributed by atoms with van der Waals surface area (Å²) in [6.45, 7) is 4.32. The maximum Gasteiger partial charge on any atom is 0.126 e. The van der Waals surface area contributed by atoms with Gasteiger partial charge in [-0.05, 0) is 53.7 Å². The number of rotatable bonds is 4. The van der Waals surface area contributed by atoms with Gasteiger partial charge in [0.05, 0.1) is 0 Å². The van der Waals surface area contributed by atoms with Crippen LogP contribution in [0.2, 0.25) is 0 Å². The fourth-order valence-electron chi connectivity index (χ4n) is 1.78. The van der Waals surface area contributed by atoms with E-state index in [9.17, 15) is 0 Å². The topological polar surface area (TPSA) is 24.9 Å². The number of aryl methyl sites for hydroxylation is 1. The molecule has 1 aliphatic carbocycles. The number of nitrogens with one attached hydrogen (secondary N) is 1. The second-order valence-corrected chi connectivity index (χ2v) is 5.40. The quantitative estimate of drug-likeness (QED) is 0.900. The molecule has 0 bridgehead atoms. The van der Waals surface area contributed by atoms with E-state index < -0.39 is 0 Å². The van der Waals surface area contributed by atoms with Crippen molar-refractivity contribution in [3.8, 4) is 0 Å². The molecule has 2 nitrogen and oxygen atoms in total. The maximum absolute atomic E-state index is 4.35. The maximum atomic E-state index is 4.35. The van der Waals surface area contributed by atoms with Crippen molar-refractivity contribution < 1.29 is 0 Å². The highest BCUT2D eigenvalue weighted by Gasteiger charge is 2.23. The van der Waals surface area contributed by atoms with Gasteiger partial charge >= 0.3 is 0 Å². The molecule has 0 spiro atoms. The van der Waals surface area contributed by atoms with Crippen LogP contribution in [0.5, 0.6) is 0 Å². The molecule has 1 saturated carbocycles. The molecule has 1 N–H and O–H groups in total. The molecule has 0 aromatic carbocycles. The summed E-state index contributed by atoms with van der Waals surface area (Å²) in [5.74, 6) is 1.95. The molecular weight excluding hydrogens is 252 g/mol. The monoisotopic (exact) mass is 268 g/mol. The summed E-state index contributed by atoms with van der Waals surface area (Å²) in [5.41, 5.74) is 1.23. The Morgan fingerprint density at radius 2 is 2.33 bits per heavy atom. The first-order chi connectivity index (χ1) is 7.15. The van der Waals surface area contributed by atoms with Gasteiger partial charge < -0.3 is 5.32 Å². The summed E-state index contributed by atoms with van der Waals surface area (Å²) in [5, 5.41) is 3.45. The zero-order valence-electron chi connectivity index (χ0n) is 9.26. The molecule has 1 unspecified atom stereocenters. The van der Waals surface area contributed by atoms with Crippen LogP contribution in [0.1, 0.15) is 31.7 Å². The molecule has 82 valence electrons. The van der Waals surface area contributed by atoms with Gasteiger partial charge in [-0.2, -0.15) is 0 Å². The molecule has 0 saturated heterocycles. The molecule has 1 atom stereocenters. The summed E-state index contributed by atoms with van der Waals surface area (Å²) < 4.78 is 1.07. The van der Waals surface area contributed by atoms with Gasteiger partial charge in [-0.15, -0.1) is 0 Å². The van der Waals surface area contributed by atoms with E-state index in [0.29, 0.717) is 6.04 Å². The largest absolute Gasteiger partial charge is 0.368 e. The highest BCUT2D eigenvalue weighted by atomic mass is 79.9. The van der Waals surface area contributed by atoms with Gasteiger partial charge in [-0.3, -0.25) is 0 Å². The molecular formula is C12H17BrN2. The third-order valence-corrected chi connectivity index (χ3v) is 3.66. The van der Waals surface area contributed by atoms with Gasteiger partial charge in [0.2, 0.25) is 0 Å². The van der Waals surface area contributed by atoms with Crippen molar-refractivity contribution >= 4 is 21.7 Å². The number of anilines is 1. The van der Waals surface area contributed by atoms with Crippen LogP contribution >= 0.6 is 15.9 Å². The summed E-state index contributed by atoms with van der Waals surface area (Å²) in [4.78, 5) is 4.35. The number of hydrogen-bond donors (Lipinski definition) is 1. The Balaban J connectivity index is 1.93. The predicted molar refractivity (Wildman–Crippen MR) is 67.1 cm³/mol. The first-order valence-electron chi connectivity index (χ1n) is 5.54. The molecule has 0 radical (unpaired) electrons. The predicted octanol–water partition coefficient (Wildman–Crippen LogP) is 3.75. The fourth-order valence-corrected chi connectivity index (χ4v) is 2.00. The lowest BCUT2D eigenvalue weighted by Crippen LogP contribution is -2.16. The van der Waals surface area contributed by atoms with Gasteiger partial charge in [0, 0.05) is 16.7 Å². The normalized spacial score (nSPS) is 17.5. The molecule has 1 aromatic heterocycles. The van der Waals surface area contributed by atoms with Crippen molar-refractivity contribution in [1.29, 1.82) is 0 Å². The van der Waals surface area contributed by atoms with Crippen molar-refractivity contribution in [1.82, 2.24) is 4.98 Å². The van der Waals surface area contributed by atoms with Crippen LogP contribution in [0.15, 0.2) is 16.7 Å². The van der Waals surface area contributed by atoms with E-state index in [4.69, 9.17) is 0 Å². The number of hydrogen-bond acceptors (Lipinski definition) is 2. The van der Waals surface area contributed by atoms with Crippen LogP contribution in [0.4, 0.5) is 5.82 Å². The highest BCUT2D eigenvalue weighted by molar-refractivity contribution is 9.10. The van der Waals surface area contributed by atoms with E-state index in [-0.39, 0.29) is 0 Å². The average molecular weight is 269 g/mol. The van der Waals surface area contributed by atoms with Crippen LogP contribution in [-0.2, 0) is 0 Å². The first-order valence-corrected chi connectivity index (χ1v) is 6.33. The third kappa shape index (κ3) is 3.20. The summed E-state index contributed by atoms with van der Waals surface area (Å²) >= 11 is 3.46. The van der Waals surface area contributed by atoms with E-state index in [1.165, 1.54) is 24.8 Å². The molecule has 0 aliphatic heterocycles. The second kappa shape index (κ2) is 4.52. The van der Waals surface area contributed by atoms with Crippen molar-refractivity contribution in [3.05, 3.63) is 22.3 Å². The highest BCUT2D eigenvalue weighted by Crippen LogP contribution is 2.34. The van der Waals surface area contributed by atoms with E-state index in [2.05, 4.69) is 46.1 Å². The fraction of sp³-hybridized carbons (Fsp3) is 0.583. The molecule has 0 amide bonds. The smallest absolute Gasteiger partial charge is 0.126 e. The average Bonchev–Trinajstić information content (AvgIpc) is 2.95. The van der Waals surface area contributed by atoms with Gasteiger partial charge in [-0.1, -0.05) is 12.8 Å². The molecule has 1 fully saturated rings. The molecule has 1 heterocycles. The molecule has 3 heteroatoms. The van der Waals surface area contributed by atoms with E-state index >= 15 is 0 Å². The van der Waals surface area contributed by atoms with Crippen molar-refractivity contribution in [2.24, 2.45) is 5.92 Å². The van der Waals surface area contributed by atoms with Crippen molar-refractivity contribution in [3.63, 3.8) is 0 Å². The lowest BCUT2D eigenvalue weighted by atomic mass is 10.1. The third-order valence-electron chi connectivity index (χ3n) is 2.83. The van der Waals surface area contributed by atoms with Crippen LogP contribution in [0.25, 0.3) is 0 Å². The van der Waals surface area contributed by atoms with Crippen LogP contribution < -0.4 is 5.32 Å². The molecule has 15 heavy (non-hydrogen) atoms. The number of pyridine rings is 1. The van der Waals surface area contributed by atoms with Gasteiger partial charge in [0.25, 0.3) is 0 Å². The SMILES string of the molecule is Cc1cc(NC(C)CC2CC2)ncc1Br. The number of halogens is 1. The van der Waals surface area contributed by atoms with Crippen LogP contribution in [-0.4, -0.2) is 11.0 Å². The Morgan fingerprint density at radius 1 is 1.60 bits per heavy atom. The summed E-state index contributed by atoms with van der Waals surface area (Å²) in [6, 6.07) is 2.62. The van der Waals surface area contributed by atoms with Gasteiger partial charge in [-0.25, -0.2) is 4.98 Å². The Morgan fingerprint density at radius 3 is 2.93 bits per heavy atom. The number of aromatic nitrogens is 1. The number of nitrogens with zero attached hydrogens (tertiary/aromatic N) is 1. The summed E-state index contributed by atoms with van der Waals surface area (Å²) in [7, 11) is 0. The first kappa shape index (κ1) is 10.9. The molecule has 1 aliphatic rings. The van der Waals surface area contributed by atoms with E-state index in [1.807, 2.05) is 6.20 Å². The van der Waals surface area contributed by atoms with E-state index in [1.54, 1.807) is 0 Å². The molecule has 2 rings (SSSR count). The summed E-state index contributed by atoms with van der Waals surface area (Å²) in [6.07, 6.45) is 5.97. The molecule has 1 aromatic rings. The Kier molecular flexibility index (Phi) is 3.29. The Hall–Kier alpha value is -0.570. The standard InChI is InChI=1S/C12H17BrN2/c1-8-5-12(14-7-11(8)13)15-9(2)6-10-3-4-10/h5,7,9-10H,3-4,6H2,1-2H3,(H,14,15). The van der Waals surface area contributed by atoms with Gasteiger partial charge in [0.15, 0.2) is 0 Å². The second-order valence-electron chi connectivity index (χ2n) is 4.54. The lowest BCUT2D eigenvalue weighted by Gasteiger charge is -2.14. The van der Waals surface area contributed by atoms with E-state index in [0.717, 1.165) is 16.2 Å². The zero-order chi connectivity index (χ0) is 10.8. The lowest BCUT2D eigenvalue weighted by molar-refractivity contribution is 0.640. The van der Waals surface area contributed by atoms with Crippen LogP contribution in [0, 0.1) is 12.8 Å². The van der Waals surface area contributed by atoms with Crippen molar-refractivity contribution in [2.75, 3.05) is 5.32 Å². The Bertz CT molecular complexity index is 347. The Labute approximate surface area is 99.6 Å².